The average molecular weight is 290 g/mol. The van der Waals surface area contributed by atoms with Crippen molar-refractivity contribution in [2.45, 2.75) is 0 Å². The van der Waals surface area contributed by atoms with Crippen LogP contribution in [0, 0.1) is 0 Å². The van der Waals surface area contributed by atoms with Crippen molar-refractivity contribution in [1.29, 1.82) is 0 Å². The van der Waals surface area contributed by atoms with Gasteiger partial charge in [0.2, 0.25) is 11.6 Å². The maximum atomic E-state index is 11.9. The Morgan fingerprint density at radius 3 is 1.95 bits per heavy atom. The molecule has 0 fully saturated rings. The zero-order valence-electron chi connectivity index (χ0n) is 10.2. The molecule has 0 aromatic heterocycles. The van der Waals surface area contributed by atoms with Crippen molar-refractivity contribution in [1.82, 2.24) is 0 Å². The summed E-state index contributed by atoms with van der Waals surface area (Å²) in [5, 5.41) is 0. The third kappa shape index (κ3) is 2.65. The third-order valence-corrected chi connectivity index (χ3v) is 3.36. The fourth-order valence-electron chi connectivity index (χ4n) is 1.74. The Bertz CT molecular complexity index is 689. The smallest absolute Gasteiger partial charge is 0.744 e. The van der Waals surface area contributed by atoms with Crippen molar-refractivity contribution >= 4 is 21.7 Å². The quantitative estimate of drug-likeness (QED) is 0.440. The fraction of sp³-hybridized carbons (Fsp3) is 0.0909. The Morgan fingerprint density at radius 1 is 1.05 bits per heavy atom. The number of rotatable bonds is 2. The van der Waals surface area contributed by atoms with Crippen molar-refractivity contribution in [3.8, 4) is 0 Å². The summed E-state index contributed by atoms with van der Waals surface area (Å²) in [4.78, 5) is 22.7. The number of benzene rings is 1. The zero-order valence-corrected chi connectivity index (χ0v) is 13.0. The summed E-state index contributed by atoms with van der Waals surface area (Å²) in [6.45, 7) is 0. The molecule has 0 amide bonds. The summed E-state index contributed by atoms with van der Waals surface area (Å²) >= 11 is 0. The summed E-state index contributed by atoms with van der Waals surface area (Å²) < 4.78 is 37.8. The minimum atomic E-state index is -5.08. The first-order valence-corrected chi connectivity index (χ1v) is 6.21. The molecule has 8 heteroatoms. The molecule has 0 saturated carbocycles. The largest absolute Gasteiger partial charge is 1.00 e. The first-order valence-electron chi connectivity index (χ1n) is 4.80. The maximum Gasteiger partial charge on any atom is 1.00 e. The van der Waals surface area contributed by atoms with Crippen LogP contribution in [-0.2, 0) is 14.9 Å². The van der Waals surface area contributed by atoms with Crippen LogP contribution in [0.5, 0.6) is 0 Å². The van der Waals surface area contributed by atoms with E-state index in [2.05, 4.69) is 4.74 Å². The van der Waals surface area contributed by atoms with E-state index >= 15 is 0 Å². The van der Waals surface area contributed by atoms with Crippen LogP contribution in [0.2, 0.25) is 0 Å². The molecule has 0 heterocycles. The first kappa shape index (κ1) is 16.1. The van der Waals surface area contributed by atoms with Gasteiger partial charge in [0.15, 0.2) is 5.76 Å². The second kappa shape index (κ2) is 5.56. The summed E-state index contributed by atoms with van der Waals surface area (Å²) in [5.74, 6) is -2.53. The van der Waals surface area contributed by atoms with Gasteiger partial charge in [-0.05, 0) is 0 Å². The Kier molecular flexibility index (Phi) is 4.70. The van der Waals surface area contributed by atoms with E-state index in [0.29, 0.717) is 0 Å². The van der Waals surface area contributed by atoms with Crippen LogP contribution in [0.15, 0.2) is 34.9 Å². The van der Waals surface area contributed by atoms with Gasteiger partial charge in [-0.25, -0.2) is 8.42 Å². The monoisotopic (exact) mass is 290 g/mol. The number of hydrogen-bond acceptors (Lipinski definition) is 6. The van der Waals surface area contributed by atoms with E-state index in [4.69, 9.17) is 0 Å². The van der Waals surface area contributed by atoms with Crippen molar-refractivity contribution in [3.63, 3.8) is 0 Å². The SMILES string of the molecule is COC1=C(S(=O)(=O)[O-])C(=O)c2ccccc2C1=O.[Na+]. The van der Waals surface area contributed by atoms with E-state index < -0.39 is 32.3 Å². The molecule has 0 aliphatic heterocycles. The minimum Gasteiger partial charge on any atom is -0.744 e. The molecule has 6 nitrogen and oxygen atoms in total. The zero-order chi connectivity index (χ0) is 13.5. The number of Topliss-reactive ketones (excluding diaryl/α,β-unsaturated/α-hetero) is 2. The van der Waals surface area contributed by atoms with E-state index in [1.54, 1.807) is 0 Å². The summed E-state index contributed by atoms with van der Waals surface area (Å²) in [6, 6.07) is 5.64. The molecule has 1 aliphatic rings. The molecule has 0 atom stereocenters. The predicted octanol–water partition coefficient (Wildman–Crippen LogP) is -2.53. The number of carbonyl (C=O) groups excluding carboxylic acids is 2. The number of hydrogen-bond donors (Lipinski definition) is 0. The van der Waals surface area contributed by atoms with Crippen molar-refractivity contribution in [3.05, 3.63) is 46.1 Å². The van der Waals surface area contributed by atoms with Crippen LogP contribution in [-0.4, -0.2) is 31.6 Å². The maximum absolute atomic E-state index is 11.9. The van der Waals surface area contributed by atoms with Gasteiger partial charge in [0, 0.05) is 11.1 Å². The molecule has 0 bridgehead atoms. The van der Waals surface area contributed by atoms with Crippen LogP contribution >= 0.6 is 0 Å². The topological polar surface area (TPSA) is 101 Å². The van der Waals surface area contributed by atoms with Crippen molar-refractivity contribution < 1.29 is 56.9 Å². The normalized spacial score (nSPS) is 14.8. The number of carbonyl (C=O) groups is 2. The predicted molar refractivity (Wildman–Crippen MR) is 58.8 cm³/mol. The molecule has 0 unspecified atom stereocenters. The van der Waals surface area contributed by atoms with Gasteiger partial charge in [-0.15, -0.1) is 0 Å². The molecule has 19 heavy (non-hydrogen) atoms. The Hall–Kier alpha value is -0.990. The number of ketones is 2. The Morgan fingerprint density at radius 2 is 1.53 bits per heavy atom. The van der Waals surface area contributed by atoms with Gasteiger partial charge >= 0.3 is 29.6 Å². The van der Waals surface area contributed by atoms with Crippen LogP contribution in [0.25, 0.3) is 0 Å². The van der Waals surface area contributed by atoms with E-state index in [1.807, 2.05) is 0 Å². The molecule has 2 rings (SSSR count). The van der Waals surface area contributed by atoms with E-state index in [0.717, 1.165) is 7.11 Å². The van der Waals surface area contributed by atoms with E-state index in [9.17, 15) is 22.6 Å². The molecule has 1 aromatic carbocycles. The molecule has 0 radical (unpaired) electrons. The van der Waals surface area contributed by atoms with Crippen LogP contribution < -0.4 is 29.6 Å². The van der Waals surface area contributed by atoms with Crippen molar-refractivity contribution in [2.75, 3.05) is 7.11 Å². The van der Waals surface area contributed by atoms with Gasteiger partial charge < -0.3 is 9.29 Å². The second-order valence-corrected chi connectivity index (χ2v) is 4.84. The van der Waals surface area contributed by atoms with Gasteiger partial charge in [0.05, 0.1) is 7.11 Å². The molecule has 0 N–H and O–H groups in total. The Labute approximate surface area is 131 Å². The number of ether oxygens (including phenoxy) is 1. The van der Waals surface area contributed by atoms with Gasteiger partial charge in [-0.1, -0.05) is 24.3 Å². The molecule has 0 saturated heterocycles. The minimum absolute atomic E-state index is 0. The molecular weight excluding hydrogens is 283 g/mol. The summed E-state index contributed by atoms with van der Waals surface area (Å²) in [6.07, 6.45) is 0. The summed E-state index contributed by atoms with van der Waals surface area (Å²) in [7, 11) is -4.05. The number of allylic oxidation sites excluding steroid dienone is 2. The molecule has 0 spiro atoms. The summed E-state index contributed by atoms with van der Waals surface area (Å²) in [5.41, 5.74) is -0.0931. The standard InChI is InChI=1S/C11H8O6S.Na/c1-17-10-8(12)6-4-2-3-5-7(6)9(13)11(10)18(14,15)16;/h2-5H,1H3,(H,14,15,16);/q;+1/p-1. The second-order valence-electron chi connectivity index (χ2n) is 3.52. The van der Waals surface area contributed by atoms with Gasteiger partial charge in [-0.3, -0.25) is 9.59 Å². The van der Waals surface area contributed by atoms with Crippen LogP contribution in [0.4, 0.5) is 0 Å². The Balaban J connectivity index is 0.00000180. The van der Waals surface area contributed by atoms with Gasteiger partial charge in [0.25, 0.3) is 0 Å². The third-order valence-electron chi connectivity index (χ3n) is 2.49. The van der Waals surface area contributed by atoms with Crippen molar-refractivity contribution in [2.24, 2.45) is 0 Å². The van der Waals surface area contributed by atoms with Gasteiger partial charge in [0.1, 0.15) is 15.0 Å². The van der Waals surface area contributed by atoms with Crippen LogP contribution in [0.3, 0.4) is 0 Å². The number of fused-ring (bicyclic) bond motifs is 1. The van der Waals surface area contributed by atoms with Gasteiger partial charge in [-0.2, -0.15) is 0 Å². The molecular formula is C11H7NaO6S. The molecule has 1 aromatic rings. The molecule has 94 valence electrons. The van der Waals surface area contributed by atoms with Crippen LogP contribution in [0.1, 0.15) is 20.7 Å². The average Bonchev–Trinajstić information content (AvgIpc) is 2.32. The molecule has 1 aliphatic carbocycles. The van der Waals surface area contributed by atoms with E-state index in [1.165, 1.54) is 24.3 Å². The fourth-order valence-corrected chi connectivity index (χ4v) is 2.48. The number of methoxy groups -OCH3 is 1. The van der Waals surface area contributed by atoms with E-state index in [-0.39, 0.29) is 40.7 Å². The first-order chi connectivity index (χ1) is 8.38.